The number of ether oxygens (including phenoxy) is 1. The van der Waals surface area contributed by atoms with Gasteiger partial charge in [-0.2, -0.15) is 0 Å². The molecule has 0 unspecified atom stereocenters. The number of thioether (sulfide) groups is 1. The minimum atomic E-state index is -0.556. The van der Waals surface area contributed by atoms with E-state index in [0.29, 0.717) is 23.2 Å². The number of hydrogen-bond acceptors (Lipinski definition) is 5. The highest BCUT2D eigenvalue weighted by Gasteiger charge is 2.25. The van der Waals surface area contributed by atoms with Crippen LogP contribution in [-0.4, -0.2) is 22.2 Å². The van der Waals surface area contributed by atoms with Gasteiger partial charge in [-0.05, 0) is 24.6 Å². The summed E-state index contributed by atoms with van der Waals surface area (Å²) >= 11 is 1.30. The molecule has 4 rings (SSSR count). The van der Waals surface area contributed by atoms with Gasteiger partial charge in [-0.15, -0.1) is 0 Å². The standard InChI is InChI=1S/C25H24N4O2S/c1-2-31-22-16-10-9-15-20(22)27-24(30)23(19-13-7-4-8-14-19)32-25-28-21(17-29(25)26)18-11-5-3-6-12-18/h3-17,23H,2,26H2,1H3,(H,27,30)/t23-/m1/s1. The Morgan fingerprint density at radius 1 is 1.03 bits per heavy atom. The molecule has 1 amide bonds. The summed E-state index contributed by atoms with van der Waals surface area (Å²) in [6.07, 6.45) is 1.77. The van der Waals surface area contributed by atoms with E-state index in [1.165, 1.54) is 16.4 Å². The van der Waals surface area contributed by atoms with Crippen molar-refractivity contribution in [2.45, 2.75) is 17.3 Å². The molecule has 0 aliphatic rings. The molecule has 4 aromatic rings. The number of nitrogen functional groups attached to an aromatic ring is 1. The van der Waals surface area contributed by atoms with E-state index in [-0.39, 0.29) is 5.91 Å². The number of imidazole rings is 1. The lowest BCUT2D eigenvalue weighted by atomic mass is 10.1. The van der Waals surface area contributed by atoms with Gasteiger partial charge in [0.15, 0.2) is 5.16 Å². The lowest BCUT2D eigenvalue weighted by molar-refractivity contribution is -0.115. The molecule has 3 N–H and O–H groups in total. The van der Waals surface area contributed by atoms with E-state index in [1.54, 1.807) is 6.20 Å². The Kier molecular flexibility index (Phi) is 6.77. The molecule has 32 heavy (non-hydrogen) atoms. The Hall–Kier alpha value is -3.71. The van der Waals surface area contributed by atoms with Gasteiger partial charge in [0.1, 0.15) is 11.0 Å². The molecule has 3 aromatic carbocycles. The lowest BCUT2D eigenvalue weighted by Gasteiger charge is -2.18. The van der Waals surface area contributed by atoms with Crippen LogP contribution in [0.3, 0.4) is 0 Å². The van der Waals surface area contributed by atoms with Crippen molar-refractivity contribution in [2.24, 2.45) is 0 Å². The predicted molar refractivity (Wildman–Crippen MR) is 129 cm³/mol. The van der Waals surface area contributed by atoms with Crippen molar-refractivity contribution in [1.29, 1.82) is 0 Å². The number of rotatable bonds is 8. The summed E-state index contributed by atoms with van der Waals surface area (Å²) in [6, 6.07) is 26.8. The highest BCUT2D eigenvalue weighted by molar-refractivity contribution is 8.00. The Morgan fingerprint density at radius 2 is 1.69 bits per heavy atom. The average molecular weight is 445 g/mol. The topological polar surface area (TPSA) is 82.2 Å². The van der Waals surface area contributed by atoms with E-state index in [1.807, 2.05) is 91.9 Å². The number of nitrogens with two attached hydrogens (primary N) is 1. The number of nitrogens with zero attached hydrogens (tertiary/aromatic N) is 2. The molecule has 6 nitrogen and oxygen atoms in total. The van der Waals surface area contributed by atoms with E-state index in [4.69, 9.17) is 10.6 Å². The zero-order valence-corrected chi connectivity index (χ0v) is 18.5. The summed E-state index contributed by atoms with van der Waals surface area (Å²) in [7, 11) is 0. The van der Waals surface area contributed by atoms with Crippen molar-refractivity contribution in [2.75, 3.05) is 17.8 Å². The van der Waals surface area contributed by atoms with Gasteiger partial charge in [0, 0.05) is 5.56 Å². The Bertz CT molecular complexity index is 1180. The van der Waals surface area contributed by atoms with Crippen molar-refractivity contribution < 1.29 is 9.53 Å². The fourth-order valence-corrected chi connectivity index (χ4v) is 4.26. The Morgan fingerprint density at radius 3 is 2.41 bits per heavy atom. The number of amides is 1. The first kappa shape index (κ1) is 21.5. The van der Waals surface area contributed by atoms with Crippen molar-refractivity contribution in [1.82, 2.24) is 9.66 Å². The molecule has 1 aromatic heterocycles. The number of anilines is 1. The second-order valence-corrected chi connectivity index (χ2v) is 8.08. The Labute approximate surface area is 191 Å². The van der Waals surface area contributed by atoms with Crippen LogP contribution in [0, 0.1) is 0 Å². The highest BCUT2D eigenvalue weighted by Crippen LogP contribution is 2.37. The maximum atomic E-state index is 13.4. The monoisotopic (exact) mass is 444 g/mol. The van der Waals surface area contributed by atoms with Crippen LogP contribution in [0.4, 0.5) is 5.69 Å². The van der Waals surface area contributed by atoms with Crippen molar-refractivity contribution in [3.63, 3.8) is 0 Å². The van der Waals surface area contributed by atoms with Gasteiger partial charge < -0.3 is 15.9 Å². The summed E-state index contributed by atoms with van der Waals surface area (Å²) in [4.78, 5) is 18.1. The maximum absolute atomic E-state index is 13.4. The van der Waals surface area contributed by atoms with Gasteiger partial charge in [0.05, 0.1) is 24.2 Å². The van der Waals surface area contributed by atoms with Crippen molar-refractivity contribution in [3.05, 3.63) is 96.7 Å². The number of para-hydroxylation sites is 2. The number of benzene rings is 3. The summed E-state index contributed by atoms with van der Waals surface area (Å²) in [5, 5.41) is 3.00. The second-order valence-electron chi connectivity index (χ2n) is 7.01. The van der Waals surface area contributed by atoms with Crippen molar-refractivity contribution >= 4 is 23.4 Å². The number of nitrogens with one attached hydrogen (secondary N) is 1. The molecule has 0 fully saturated rings. The molecule has 0 spiro atoms. The van der Waals surface area contributed by atoms with Crippen LogP contribution in [0.2, 0.25) is 0 Å². The molecule has 1 atom stereocenters. The van der Waals surface area contributed by atoms with Gasteiger partial charge in [0.25, 0.3) is 0 Å². The van der Waals surface area contributed by atoms with Crippen LogP contribution >= 0.6 is 11.8 Å². The van der Waals surface area contributed by atoms with E-state index in [2.05, 4.69) is 10.3 Å². The third-order valence-electron chi connectivity index (χ3n) is 4.78. The molecule has 1 heterocycles. The van der Waals surface area contributed by atoms with Crippen LogP contribution < -0.4 is 15.9 Å². The lowest BCUT2D eigenvalue weighted by Crippen LogP contribution is -2.20. The van der Waals surface area contributed by atoms with Crippen LogP contribution in [0.15, 0.2) is 96.3 Å². The van der Waals surface area contributed by atoms with Crippen molar-refractivity contribution in [3.8, 4) is 17.0 Å². The minimum absolute atomic E-state index is 0.183. The van der Waals surface area contributed by atoms with Crippen LogP contribution in [0.5, 0.6) is 5.75 Å². The Balaban J connectivity index is 1.63. The zero-order valence-electron chi connectivity index (χ0n) is 17.6. The third kappa shape index (κ3) is 4.95. The molecular formula is C25H24N4O2S. The van der Waals surface area contributed by atoms with Gasteiger partial charge in [0.2, 0.25) is 5.91 Å². The summed E-state index contributed by atoms with van der Waals surface area (Å²) in [5.41, 5.74) is 3.20. The average Bonchev–Trinajstić information content (AvgIpc) is 3.20. The van der Waals surface area contributed by atoms with E-state index < -0.39 is 5.25 Å². The quantitative estimate of drug-likeness (QED) is 0.291. The summed E-state index contributed by atoms with van der Waals surface area (Å²) < 4.78 is 7.12. The van der Waals surface area contributed by atoms with E-state index in [0.717, 1.165) is 16.8 Å². The molecule has 0 bridgehead atoms. The van der Waals surface area contributed by atoms with E-state index in [9.17, 15) is 4.79 Å². The fourth-order valence-electron chi connectivity index (χ4n) is 3.27. The van der Waals surface area contributed by atoms with E-state index >= 15 is 0 Å². The summed E-state index contributed by atoms with van der Waals surface area (Å²) in [5.74, 6) is 6.65. The fraction of sp³-hybridized carbons (Fsp3) is 0.120. The minimum Gasteiger partial charge on any atom is -0.492 e. The number of carbonyl (C=O) groups excluding carboxylic acids is 1. The first-order valence-corrected chi connectivity index (χ1v) is 11.2. The normalized spacial score (nSPS) is 11.7. The second kappa shape index (κ2) is 10.1. The molecule has 7 heteroatoms. The first-order valence-electron chi connectivity index (χ1n) is 10.3. The molecule has 162 valence electrons. The largest absolute Gasteiger partial charge is 0.492 e. The molecule has 0 aliphatic heterocycles. The number of aromatic nitrogens is 2. The van der Waals surface area contributed by atoms with Gasteiger partial charge in [-0.25, -0.2) is 9.66 Å². The molecule has 0 radical (unpaired) electrons. The molecule has 0 saturated carbocycles. The van der Waals surface area contributed by atoms with Crippen LogP contribution in [0.25, 0.3) is 11.3 Å². The highest BCUT2D eigenvalue weighted by atomic mass is 32.2. The molecule has 0 saturated heterocycles. The van der Waals surface area contributed by atoms with Gasteiger partial charge in [-0.1, -0.05) is 84.6 Å². The SMILES string of the molecule is CCOc1ccccc1NC(=O)[C@H](Sc1nc(-c2ccccc2)cn1N)c1ccccc1. The first-order chi connectivity index (χ1) is 15.7. The maximum Gasteiger partial charge on any atom is 0.242 e. The summed E-state index contributed by atoms with van der Waals surface area (Å²) in [6.45, 7) is 2.42. The van der Waals surface area contributed by atoms with Gasteiger partial charge >= 0.3 is 0 Å². The molecule has 0 aliphatic carbocycles. The number of hydrogen-bond donors (Lipinski definition) is 2. The zero-order chi connectivity index (χ0) is 22.3. The van der Waals surface area contributed by atoms with Crippen LogP contribution in [-0.2, 0) is 4.79 Å². The third-order valence-corrected chi connectivity index (χ3v) is 6.01. The van der Waals surface area contributed by atoms with Crippen LogP contribution in [0.1, 0.15) is 17.7 Å². The van der Waals surface area contributed by atoms with Gasteiger partial charge in [-0.3, -0.25) is 4.79 Å². The molecular weight excluding hydrogens is 420 g/mol. The smallest absolute Gasteiger partial charge is 0.242 e. The predicted octanol–water partition coefficient (Wildman–Crippen LogP) is 5.13. The number of carbonyl (C=O) groups is 1.